The molecule has 12 unspecified atom stereocenters. The highest BCUT2D eigenvalue weighted by Crippen LogP contribution is 2.46. The molecule has 3 rings (SSSR count). The maximum atomic E-state index is 12.9. The fourth-order valence-electron chi connectivity index (χ4n) is 8.45. The summed E-state index contributed by atoms with van der Waals surface area (Å²) in [6, 6.07) is 0. The topological polar surface area (TPSA) is 117 Å². The zero-order chi connectivity index (χ0) is 39.7. The molecule has 4 N–H and O–H groups in total. The molecule has 302 valence electrons. The summed E-state index contributed by atoms with van der Waals surface area (Å²) in [4.78, 5) is 12.9. The summed E-state index contributed by atoms with van der Waals surface area (Å²) in [5.41, 5.74) is 1.19. The van der Waals surface area contributed by atoms with Crippen LogP contribution in [0.15, 0.2) is 59.8 Å². The lowest BCUT2D eigenvalue weighted by molar-refractivity contribution is -0.291. The fraction of sp³-hybridized carbons (Fsp3) is 0.756. The molecule has 0 saturated carbocycles. The molecular weight excluding hydrogens is 666 g/mol. The van der Waals surface area contributed by atoms with Gasteiger partial charge in [0, 0.05) is 43.6 Å². The predicted molar refractivity (Wildman–Crippen MR) is 215 cm³/mol. The van der Waals surface area contributed by atoms with Crippen molar-refractivity contribution >= 4 is 5.91 Å². The molecule has 1 spiro atoms. The van der Waals surface area contributed by atoms with Crippen molar-refractivity contribution in [3.05, 3.63) is 59.8 Å². The second-order valence-corrected chi connectivity index (χ2v) is 17.9. The van der Waals surface area contributed by atoms with E-state index in [9.17, 15) is 20.1 Å². The Hall–Kier alpha value is -2.07. The van der Waals surface area contributed by atoms with Crippen molar-refractivity contribution in [2.75, 3.05) is 7.11 Å². The quantitative estimate of drug-likeness (QED) is 0.0925. The van der Waals surface area contributed by atoms with Gasteiger partial charge in [-0.2, -0.15) is 0 Å². The van der Waals surface area contributed by atoms with E-state index in [1.807, 2.05) is 58.1 Å². The lowest BCUT2D eigenvalue weighted by Gasteiger charge is -2.51. The summed E-state index contributed by atoms with van der Waals surface area (Å²) in [6.07, 6.45) is 19.6. The highest BCUT2D eigenvalue weighted by molar-refractivity contribution is 5.81. The molecule has 0 aromatic rings. The molecule has 8 nitrogen and oxygen atoms in total. The number of ether oxygens (including phenoxy) is 3. The summed E-state index contributed by atoms with van der Waals surface area (Å²) in [7, 11) is 1.68. The fourth-order valence-corrected chi connectivity index (χ4v) is 8.45. The zero-order valence-electron chi connectivity index (χ0n) is 35.1. The van der Waals surface area contributed by atoms with Crippen LogP contribution in [0, 0.1) is 40.9 Å². The Morgan fingerprint density at radius 2 is 1.81 bits per heavy atom. The summed E-state index contributed by atoms with van der Waals surface area (Å²) in [5, 5.41) is 36.1. The van der Waals surface area contributed by atoms with Crippen LogP contribution in [0.3, 0.4) is 0 Å². The van der Waals surface area contributed by atoms with Crippen LogP contribution in [0.2, 0.25) is 0 Å². The first kappa shape index (κ1) is 45.3. The van der Waals surface area contributed by atoms with Gasteiger partial charge in [0.05, 0.1) is 30.5 Å². The lowest BCUT2D eigenvalue weighted by Crippen LogP contribution is -2.64. The van der Waals surface area contributed by atoms with Gasteiger partial charge in [0.25, 0.3) is 0 Å². The Morgan fingerprint density at radius 1 is 1.11 bits per heavy atom. The van der Waals surface area contributed by atoms with Crippen LogP contribution in [0.5, 0.6) is 0 Å². The number of nitrogens with one attached hydrogen (secondary N) is 1. The van der Waals surface area contributed by atoms with Crippen molar-refractivity contribution in [3.8, 4) is 0 Å². The van der Waals surface area contributed by atoms with E-state index in [0.717, 1.165) is 49.7 Å². The number of aliphatic hydroxyl groups is 3. The number of hydrogen-bond acceptors (Lipinski definition) is 7. The molecule has 0 bridgehead atoms. The molecule has 2 fully saturated rings. The van der Waals surface area contributed by atoms with Crippen LogP contribution in [-0.2, 0) is 19.0 Å². The first-order valence-electron chi connectivity index (χ1n) is 20.4. The standard InChI is InChI=1S/C45H75NO7/c1-13-35-27-33(6)45(46-42(35)50)32(5)26-31(4)40(52-45)28-39(49)30(3)21-17-14-16-20-29(2)37(47)22-18-15-19-23-38(48)34(7)41-36(43(8,9)10)24-25-44(11,51-12)53-41/h14-16,18-20,23,26,30-31,33-41,47-49H,13,17,21-22,24-25,27-28H2,1-12H3,(H,46,50)/b16-14+,18-15+,23-19+,29-20+/t30?,31?,33?,34?,35?,36-,37?,38?,39?,40?,41?,44?,45?/m1/s1. The van der Waals surface area contributed by atoms with E-state index in [1.165, 1.54) is 0 Å². The van der Waals surface area contributed by atoms with Crippen molar-refractivity contribution in [3.63, 3.8) is 0 Å². The Morgan fingerprint density at radius 3 is 2.45 bits per heavy atom. The second kappa shape index (κ2) is 19.7. The number of allylic oxidation sites excluding steroid dienone is 5. The average Bonchev–Trinajstić information content (AvgIpc) is 3.10. The van der Waals surface area contributed by atoms with Crippen molar-refractivity contribution in [1.82, 2.24) is 5.32 Å². The molecule has 2 saturated heterocycles. The lowest BCUT2D eigenvalue weighted by atomic mass is 9.69. The minimum atomic E-state index is -0.789. The second-order valence-electron chi connectivity index (χ2n) is 17.9. The number of carbonyl (C=O) groups is 1. The van der Waals surface area contributed by atoms with E-state index in [1.54, 1.807) is 13.2 Å². The SMILES string of the molecule is CCC1CC(C)C2(NC1=O)OC(CC(O)C(C)CC/C=C/C=C(\C)C(O)C/C=C/C=C/C(O)C(C)C1OC(C)(OC)CC[C@H]1C(C)(C)C)C(C)C=C2C. The molecule has 0 aromatic carbocycles. The smallest absolute Gasteiger partial charge is 0.225 e. The molecule has 3 heterocycles. The number of methoxy groups -OCH3 is 1. The number of amides is 1. The van der Waals surface area contributed by atoms with Crippen molar-refractivity contribution in [2.45, 2.75) is 170 Å². The molecule has 0 radical (unpaired) electrons. The normalized spacial score (nSPS) is 34.7. The Balaban J connectivity index is 1.44. The Labute approximate surface area is 322 Å². The molecule has 13 atom stereocenters. The molecule has 3 aliphatic rings. The molecule has 1 amide bonds. The molecular formula is C45H75NO7. The molecule has 0 aliphatic carbocycles. The average molecular weight is 742 g/mol. The first-order chi connectivity index (χ1) is 24.8. The van der Waals surface area contributed by atoms with Crippen LogP contribution in [-0.4, -0.2) is 70.4 Å². The Bertz CT molecular complexity index is 1330. The maximum absolute atomic E-state index is 12.9. The number of hydrogen-bond donors (Lipinski definition) is 4. The molecule has 8 heteroatoms. The maximum Gasteiger partial charge on any atom is 0.225 e. The zero-order valence-corrected chi connectivity index (χ0v) is 35.1. The van der Waals surface area contributed by atoms with Crippen LogP contribution in [0.1, 0.15) is 128 Å². The minimum Gasteiger partial charge on any atom is -0.393 e. The van der Waals surface area contributed by atoms with Gasteiger partial charge in [-0.05, 0) is 87.7 Å². The predicted octanol–water partition coefficient (Wildman–Crippen LogP) is 8.58. The van der Waals surface area contributed by atoms with Gasteiger partial charge >= 0.3 is 0 Å². The van der Waals surface area contributed by atoms with E-state index in [-0.39, 0.29) is 53.1 Å². The Kier molecular flexibility index (Phi) is 16.8. The summed E-state index contributed by atoms with van der Waals surface area (Å²) in [6.45, 7) is 23.1. The van der Waals surface area contributed by atoms with E-state index < -0.39 is 29.8 Å². The van der Waals surface area contributed by atoms with Gasteiger partial charge < -0.3 is 34.8 Å². The van der Waals surface area contributed by atoms with Crippen LogP contribution in [0.25, 0.3) is 0 Å². The van der Waals surface area contributed by atoms with Gasteiger partial charge in [-0.25, -0.2) is 0 Å². The van der Waals surface area contributed by atoms with Crippen molar-refractivity contribution in [1.29, 1.82) is 0 Å². The summed E-state index contributed by atoms with van der Waals surface area (Å²) >= 11 is 0. The van der Waals surface area contributed by atoms with Gasteiger partial charge in [0.15, 0.2) is 11.5 Å². The third kappa shape index (κ3) is 12.0. The largest absolute Gasteiger partial charge is 0.393 e. The highest BCUT2D eigenvalue weighted by Gasteiger charge is 2.51. The van der Waals surface area contributed by atoms with E-state index in [0.29, 0.717) is 18.8 Å². The van der Waals surface area contributed by atoms with E-state index in [4.69, 9.17) is 14.2 Å². The van der Waals surface area contributed by atoms with Gasteiger partial charge in [0.2, 0.25) is 5.91 Å². The van der Waals surface area contributed by atoms with Gasteiger partial charge in [0.1, 0.15) is 0 Å². The minimum absolute atomic E-state index is 0.0177. The molecule has 53 heavy (non-hydrogen) atoms. The van der Waals surface area contributed by atoms with Gasteiger partial charge in [-0.3, -0.25) is 4.79 Å². The van der Waals surface area contributed by atoms with Crippen LogP contribution >= 0.6 is 0 Å². The number of aliphatic hydroxyl groups excluding tert-OH is 3. The molecule has 0 aromatic heterocycles. The number of carbonyl (C=O) groups excluding carboxylic acids is 1. The first-order valence-corrected chi connectivity index (χ1v) is 20.4. The van der Waals surface area contributed by atoms with Crippen molar-refractivity contribution < 1.29 is 34.3 Å². The number of piperidine rings is 1. The van der Waals surface area contributed by atoms with Gasteiger partial charge in [-0.15, -0.1) is 0 Å². The highest BCUT2D eigenvalue weighted by atomic mass is 16.7. The number of rotatable bonds is 16. The van der Waals surface area contributed by atoms with Crippen LogP contribution in [0.4, 0.5) is 0 Å². The van der Waals surface area contributed by atoms with E-state index >= 15 is 0 Å². The van der Waals surface area contributed by atoms with Crippen LogP contribution < -0.4 is 5.32 Å². The summed E-state index contributed by atoms with van der Waals surface area (Å²) in [5.74, 6) is 0.0216. The molecule has 3 aliphatic heterocycles. The monoisotopic (exact) mass is 742 g/mol. The summed E-state index contributed by atoms with van der Waals surface area (Å²) < 4.78 is 18.8. The third-order valence-electron chi connectivity index (χ3n) is 12.7. The third-order valence-corrected chi connectivity index (χ3v) is 12.7. The van der Waals surface area contributed by atoms with Crippen molar-refractivity contribution in [2.24, 2.45) is 40.9 Å². The van der Waals surface area contributed by atoms with E-state index in [2.05, 4.69) is 65.9 Å². The van der Waals surface area contributed by atoms with Gasteiger partial charge in [-0.1, -0.05) is 104 Å².